The van der Waals surface area contributed by atoms with E-state index in [0.29, 0.717) is 17.0 Å². The monoisotopic (exact) mass is 414 g/mol. The Morgan fingerprint density at radius 1 is 1.04 bits per heavy atom. The van der Waals surface area contributed by atoms with Crippen LogP contribution in [0.2, 0.25) is 0 Å². The van der Waals surface area contributed by atoms with Crippen LogP contribution < -0.4 is 5.32 Å². The molecule has 1 fully saturated rings. The fraction of sp³-hybridized carbons (Fsp3) is 0.435. The highest BCUT2D eigenvalue weighted by Crippen LogP contribution is 2.34. The SMILES string of the molecule is FSc1ccc(CC2CCCC2)c(CSc2ccccc2C2=NCCCN2)c1. The van der Waals surface area contributed by atoms with Crippen LogP contribution in [0.3, 0.4) is 0 Å². The second-order valence-corrected chi connectivity index (χ2v) is 9.30. The van der Waals surface area contributed by atoms with Crippen molar-refractivity contribution >= 4 is 29.7 Å². The maximum absolute atomic E-state index is 13.2. The van der Waals surface area contributed by atoms with Gasteiger partial charge in [-0.15, -0.1) is 11.8 Å². The van der Waals surface area contributed by atoms with Crippen molar-refractivity contribution < 1.29 is 3.89 Å². The molecule has 2 aromatic carbocycles. The lowest BCUT2D eigenvalue weighted by Crippen LogP contribution is -2.30. The number of nitrogens with one attached hydrogen (secondary N) is 1. The third-order valence-electron chi connectivity index (χ3n) is 5.67. The number of aliphatic imine (C=N–C) groups is 1. The molecule has 28 heavy (non-hydrogen) atoms. The highest BCUT2D eigenvalue weighted by molar-refractivity contribution is 7.98. The maximum Gasteiger partial charge on any atom is 0.129 e. The predicted octanol–water partition coefficient (Wildman–Crippen LogP) is 6.43. The van der Waals surface area contributed by atoms with Gasteiger partial charge in [0.05, 0.1) is 12.1 Å². The molecule has 2 aromatic rings. The van der Waals surface area contributed by atoms with Gasteiger partial charge < -0.3 is 5.32 Å². The van der Waals surface area contributed by atoms with Gasteiger partial charge in [0.2, 0.25) is 0 Å². The number of thioether (sulfide) groups is 1. The van der Waals surface area contributed by atoms with Gasteiger partial charge in [-0.2, -0.15) is 3.89 Å². The zero-order valence-corrected chi connectivity index (χ0v) is 17.8. The summed E-state index contributed by atoms with van der Waals surface area (Å²) >= 11 is 2.18. The summed E-state index contributed by atoms with van der Waals surface area (Å²) in [7, 11) is 0. The molecule has 2 nitrogen and oxygen atoms in total. The smallest absolute Gasteiger partial charge is 0.129 e. The second-order valence-electron chi connectivity index (χ2n) is 7.66. The van der Waals surface area contributed by atoms with Crippen molar-refractivity contribution in [3.8, 4) is 0 Å². The van der Waals surface area contributed by atoms with Crippen molar-refractivity contribution in [2.75, 3.05) is 13.1 Å². The number of rotatable bonds is 7. The van der Waals surface area contributed by atoms with Crippen LogP contribution in [0.1, 0.15) is 48.8 Å². The molecule has 5 heteroatoms. The summed E-state index contributed by atoms with van der Waals surface area (Å²) in [5.41, 5.74) is 3.84. The van der Waals surface area contributed by atoms with E-state index in [-0.39, 0.29) is 0 Å². The van der Waals surface area contributed by atoms with Crippen molar-refractivity contribution in [2.24, 2.45) is 10.9 Å². The van der Waals surface area contributed by atoms with Crippen molar-refractivity contribution in [3.05, 3.63) is 59.2 Å². The first-order chi connectivity index (χ1) is 13.8. The first-order valence-corrected chi connectivity index (χ1v) is 11.9. The van der Waals surface area contributed by atoms with Gasteiger partial charge in [-0.1, -0.05) is 49.9 Å². The molecule has 0 amide bonds. The average molecular weight is 415 g/mol. The summed E-state index contributed by atoms with van der Waals surface area (Å²) in [4.78, 5) is 6.61. The fourth-order valence-corrected chi connectivity index (χ4v) is 5.55. The van der Waals surface area contributed by atoms with Gasteiger partial charge in [-0.05, 0) is 48.1 Å². The predicted molar refractivity (Wildman–Crippen MR) is 119 cm³/mol. The quantitative estimate of drug-likeness (QED) is 0.529. The van der Waals surface area contributed by atoms with Crippen molar-refractivity contribution in [1.82, 2.24) is 5.32 Å². The fourth-order valence-electron chi connectivity index (χ4n) is 4.17. The van der Waals surface area contributed by atoms with Gasteiger partial charge in [0.25, 0.3) is 0 Å². The number of hydrogen-bond donors (Lipinski definition) is 1. The van der Waals surface area contributed by atoms with E-state index in [2.05, 4.69) is 40.6 Å². The van der Waals surface area contributed by atoms with Gasteiger partial charge in [0.1, 0.15) is 5.84 Å². The molecule has 0 aromatic heterocycles. The van der Waals surface area contributed by atoms with E-state index in [9.17, 15) is 3.89 Å². The number of halogens is 1. The summed E-state index contributed by atoms with van der Waals surface area (Å²) < 4.78 is 13.2. The molecule has 2 aliphatic rings. The Bertz CT molecular complexity index is 831. The Hall–Kier alpha value is -1.46. The van der Waals surface area contributed by atoms with E-state index in [1.165, 1.54) is 47.3 Å². The minimum absolute atomic E-state index is 0.344. The van der Waals surface area contributed by atoms with Crippen LogP contribution in [0, 0.1) is 5.92 Å². The van der Waals surface area contributed by atoms with Crippen LogP contribution in [0.15, 0.2) is 57.2 Å². The second kappa shape index (κ2) is 9.84. The average Bonchev–Trinajstić information content (AvgIpc) is 3.27. The molecular formula is C23H27FN2S2. The van der Waals surface area contributed by atoms with E-state index >= 15 is 0 Å². The Morgan fingerprint density at radius 2 is 1.89 bits per heavy atom. The molecule has 1 aliphatic heterocycles. The van der Waals surface area contributed by atoms with Crippen molar-refractivity contribution in [3.63, 3.8) is 0 Å². The normalized spacial score (nSPS) is 17.4. The molecule has 1 N–H and O–H groups in total. The van der Waals surface area contributed by atoms with Crippen LogP contribution >= 0.6 is 23.9 Å². The highest BCUT2D eigenvalue weighted by Gasteiger charge is 2.18. The Kier molecular flexibility index (Phi) is 6.97. The molecule has 148 valence electrons. The summed E-state index contributed by atoms with van der Waals surface area (Å²) in [6.45, 7) is 1.88. The maximum atomic E-state index is 13.2. The lowest BCUT2D eigenvalue weighted by atomic mass is 9.95. The van der Waals surface area contributed by atoms with E-state index in [4.69, 9.17) is 0 Å². The number of benzene rings is 2. The van der Waals surface area contributed by atoms with Crippen LogP contribution in [0.25, 0.3) is 0 Å². The molecule has 0 bridgehead atoms. The Balaban J connectivity index is 1.53. The minimum atomic E-state index is 0.344. The third-order valence-corrected chi connectivity index (χ3v) is 7.23. The lowest BCUT2D eigenvalue weighted by molar-refractivity contribution is 0.545. The van der Waals surface area contributed by atoms with Gasteiger partial charge in [-0.3, -0.25) is 4.99 Å². The van der Waals surface area contributed by atoms with Crippen LogP contribution in [0.5, 0.6) is 0 Å². The lowest BCUT2D eigenvalue weighted by Gasteiger charge is -2.18. The summed E-state index contributed by atoms with van der Waals surface area (Å²) in [6.07, 6.45) is 7.60. The number of nitrogens with zero attached hydrogens (tertiary/aromatic N) is 1. The number of hydrogen-bond acceptors (Lipinski definition) is 4. The van der Waals surface area contributed by atoms with Gasteiger partial charge in [0.15, 0.2) is 0 Å². The zero-order chi connectivity index (χ0) is 19.2. The van der Waals surface area contributed by atoms with Crippen LogP contribution in [-0.2, 0) is 12.2 Å². The van der Waals surface area contributed by atoms with Crippen molar-refractivity contribution in [1.29, 1.82) is 0 Å². The molecular weight excluding hydrogens is 387 g/mol. The molecule has 0 unspecified atom stereocenters. The summed E-state index contributed by atoms with van der Waals surface area (Å²) in [6, 6.07) is 14.6. The zero-order valence-electron chi connectivity index (χ0n) is 16.1. The van der Waals surface area contributed by atoms with Gasteiger partial charge in [-0.25, -0.2) is 0 Å². The van der Waals surface area contributed by atoms with E-state index in [1.54, 1.807) is 0 Å². The molecule has 0 radical (unpaired) electrons. The molecule has 4 rings (SSSR count). The van der Waals surface area contributed by atoms with Crippen LogP contribution in [-0.4, -0.2) is 18.9 Å². The molecule has 0 spiro atoms. The number of amidine groups is 1. The van der Waals surface area contributed by atoms with E-state index in [1.807, 2.05) is 23.9 Å². The molecule has 1 aliphatic carbocycles. The van der Waals surface area contributed by atoms with Crippen molar-refractivity contribution in [2.45, 2.75) is 54.1 Å². The molecule has 1 heterocycles. The highest BCUT2D eigenvalue weighted by atomic mass is 32.2. The standard InChI is InChI=1S/C23H27FN2S2/c24-28-20-11-10-18(14-17-6-1-2-7-17)19(15-20)16-27-22-9-4-3-8-21(22)23-25-12-5-13-26-23/h3-4,8-11,15,17H,1-2,5-7,12-14,16H2,(H,25,26). The first kappa shape index (κ1) is 19.8. The van der Waals surface area contributed by atoms with Gasteiger partial charge >= 0.3 is 0 Å². The van der Waals surface area contributed by atoms with Crippen LogP contribution in [0.4, 0.5) is 3.89 Å². The Morgan fingerprint density at radius 3 is 2.68 bits per heavy atom. The summed E-state index contributed by atoms with van der Waals surface area (Å²) in [5, 5.41) is 3.44. The first-order valence-electron chi connectivity index (χ1n) is 10.2. The van der Waals surface area contributed by atoms with E-state index in [0.717, 1.165) is 43.4 Å². The third kappa shape index (κ3) is 4.93. The van der Waals surface area contributed by atoms with E-state index < -0.39 is 0 Å². The van der Waals surface area contributed by atoms with Gasteiger partial charge in [0, 0.05) is 34.2 Å². The largest absolute Gasteiger partial charge is 0.370 e. The minimum Gasteiger partial charge on any atom is -0.370 e. The molecule has 0 saturated heterocycles. The summed E-state index contributed by atoms with van der Waals surface area (Å²) in [5.74, 6) is 2.66. The molecule has 0 atom stereocenters. The molecule has 1 saturated carbocycles. The Labute approximate surface area is 176 Å². The topological polar surface area (TPSA) is 24.4 Å².